The molecule has 0 unspecified atom stereocenters. The van der Waals surface area contributed by atoms with Gasteiger partial charge in [0.25, 0.3) is 0 Å². The Hall–Kier alpha value is 1.19. The Morgan fingerprint density at radius 3 is 2.14 bits per heavy atom. The molecule has 0 radical (unpaired) electrons. The van der Waals surface area contributed by atoms with Gasteiger partial charge in [-0.2, -0.15) is 5.06 Å². The summed E-state index contributed by atoms with van der Waals surface area (Å²) in [6.45, 7) is 3.75. The van der Waals surface area contributed by atoms with Gasteiger partial charge >= 0.3 is 65.2 Å². The van der Waals surface area contributed by atoms with Crippen molar-refractivity contribution in [1.29, 1.82) is 0 Å². The van der Waals surface area contributed by atoms with Crippen molar-refractivity contribution in [3.63, 3.8) is 0 Å². The molecule has 7 heteroatoms. The van der Waals surface area contributed by atoms with Crippen LogP contribution in [-0.2, 0) is 4.84 Å². The Bertz CT molecular complexity index is 145. The van der Waals surface area contributed by atoms with Gasteiger partial charge in [-0.1, -0.05) is 6.92 Å². The topological polar surface area (TPSA) is 53.0 Å². The Labute approximate surface area is 129 Å². The second-order valence-electron chi connectivity index (χ2n) is 2.41. The van der Waals surface area contributed by atoms with E-state index < -0.39 is 6.09 Å². The number of hydrogen-bond donors (Lipinski definition) is 1. The third kappa shape index (κ3) is 9.73. The number of hydrogen-bond acceptors (Lipinski definition) is 3. The molecule has 5 nitrogen and oxygen atoms in total. The van der Waals surface area contributed by atoms with Gasteiger partial charge < -0.3 is 14.8 Å². The molecule has 1 amide bonds. The monoisotopic (exact) mass is 224 g/mol. The van der Waals surface area contributed by atoms with Gasteiger partial charge in [0.15, 0.2) is 0 Å². The summed E-state index contributed by atoms with van der Waals surface area (Å²) in [5, 5.41) is 10.2. The molecule has 1 N–H and O–H groups in total. The average Bonchev–Trinajstić information content (AvgIpc) is 2.05. The molecule has 0 bridgehead atoms. The van der Waals surface area contributed by atoms with Crippen LogP contribution in [0.5, 0.6) is 0 Å². The van der Waals surface area contributed by atoms with Gasteiger partial charge in [0, 0.05) is 26.7 Å². The Kier molecular flexibility index (Phi) is 18.0. The fourth-order valence-corrected chi connectivity index (χ4v) is 0.736. The van der Waals surface area contributed by atoms with Crippen molar-refractivity contribution < 1.29 is 14.7 Å². The molecule has 0 saturated heterocycles. The third-order valence-electron chi connectivity index (χ3n) is 1.62. The molecule has 0 aromatic heterocycles. The Balaban J connectivity index is -0.000000605. The van der Waals surface area contributed by atoms with E-state index in [0.29, 0.717) is 13.1 Å². The molecule has 0 aliphatic carbocycles. The fourth-order valence-electron chi connectivity index (χ4n) is 0.736. The normalized spacial score (nSPS) is 8.86. The van der Waals surface area contributed by atoms with Crippen molar-refractivity contribution in [3.8, 4) is 0 Å². The van der Waals surface area contributed by atoms with Gasteiger partial charge in [0.05, 0.1) is 7.11 Å². The minimum absolute atomic E-state index is 0. The molecule has 0 rings (SSSR count). The van der Waals surface area contributed by atoms with Gasteiger partial charge in [-0.05, 0) is 0 Å². The van der Waals surface area contributed by atoms with Crippen molar-refractivity contribution in [1.82, 2.24) is 9.96 Å². The van der Waals surface area contributed by atoms with Crippen LogP contribution in [0.3, 0.4) is 0 Å². The molecule has 76 valence electrons. The van der Waals surface area contributed by atoms with Crippen molar-refractivity contribution in [2.75, 3.05) is 33.8 Å². The van der Waals surface area contributed by atoms with Crippen LogP contribution in [0.1, 0.15) is 6.92 Å². The zero-order chi connectivity index (χ0) is 9.56. The van der Waals surface area contributed by atoms with Crippen LogP contribution in [-0.4, -0.2) is 114 Å². The molecule has 0 aliphatic heterocycles. The van der Waals surface area contributed by atoms with Crippen LogP contribution < -0.4 is 0 Å². The third-order valence-corrected chi connectivity index (χ3v) is 1.62. The van der Waals surface area contributed by atoms with E-state index in [2.05, 4.69) is 0 Å². The van der Waals surface area contributed by atoms with E-state index in [0.717, 1.165) is 6.54 Å². The molecule has 0 atom stereocenters. The first-order valence-corrected chi connectivity index (χ1v) is 3.85. The number of carbonyl (C=O) groups is 1. The summed E-state index contributed by atoms with van der Waals surface area (Å²) in [6.07, 6.45) is -0.915. The molecule has 0 fully saturated rings. The van der Waals surface area contributed by atoms with Crippen molar-refractivity contribution >= 4 is 65.2 Å². The molecule has 0 spiro atoms. The first-order chi connectivity index (χ1) is 5.61. The Morgan fingerprint density at radius 1 is 1.36 bits per heavy atom. The average molecular weight is 224 g/mol. The molecule has 0 aliphatic rings. The summed E-state index contributed by atoms with van der Waals surface area (Å²) in [5.41, 5.74) is 0. The summed E-state index contributed by atoms with van der Waals surface area (Å²) in [6, 6.07) is 0. The van der Waals surface area contributed by atoms with E-state index in [4.69, 9.17) is 9.94 Å². The molecule has 14 heavy (non-hydrogen) atoms. The van der Waals surface area contributed by atoms with E-state index in [-0.39, 0.29) is 59.1 Å². The number of hydroxylamine groups is 2. The van der Waals surface area contributed by atoms with Crippen LogP contribution in [0.25, 0.3) is 0 Å². The van der Waals surface area contributed by atoms with E-state index in [1.165, 1.54) is 11.9 Å². The predicted molar refractivity (Wildman–Crippen MR) is 59.2 cm³/mol. The molecular formula is C7H18N2Na2O3. The van der Waals surface area contributed by atoms with E-state index >= 15 is 0 Å². The number of likely N-dealkylation sites (N-methyl/N-ethyl adjacent to an activating group) is 2. The van der Waals surface area contributed by atoms with Crippen LogP contribution >= 0.6 is 0 Å². The van der Waals surface area contributed by atoms with Gasteiger partial charge in [0.2, 0.25) is 0 Å². The van der Waals surface area contributed by atoms with Crippen molar-refractivity contribution in [2.24, 2.45) is 0 Å². The minimum atomic E-state index is -0.915. The predicted octanol–water partition coefficient (Wildman–Crippen LogP) is -0.817. The summed E-state index contributed by atoms with van der Waals surface area (Å²) in [4.78, 5) is 16.5. The number of nitrogens with zero attached hydrogens (tertiary/aromatic N) is 2. The molecule has 0 saturated carbocycles. The zero-order valence-corrected chi connectivity index (χ0v) is 7.78. The second kappa shape index (κ2) is 12.3. The van der Waals surface area contributed by atoms with Crippen molar-refractivity contribution in [2.45, 2.75) is 6.92 Å². The van der Waals surface area contributed by atoms with Gasteiger partial charge in [0.1, 0.15) is 0 Å². The second-order valence-corrected chi connectivity index (χ2v) is 2.41. The summed E-state index contributed by atoms with van der Waals surface area (Å²) >= 11 is 0. The first kappa shape index (κ1) is 20.6. The van der Waals surface area contributed by atoms with Crippen LogP contribution in [0.15, 0.2) is 0 Å². The molecule has 0 aromatic rings. The van der Waals surface area contributed by atoms with E-state index in [1.807, 2.05) is 6.92 Å². The summed E-state index contributed by atoms with van der Waals surface area (Å²) in [5.74, 6) is 0. The van der Waals surface area contributed by atoms with Crippen LogP contribution in [0.2, 0.25) is 0 Å². The van der Waals surface area contributed by atoms with Crippen LogP contribution in [0, 0.1) is 0 Å². The maximum absolute atomic E-state index is 10.4. The fraction of sp³-hybridized carbons (Fsp3) is 0.857. The number of carboxylic acid groups (broad SMARTS) is 1. The molecule has 0 aromatic carbocycles. The standard InChI is InChI=1S/C7H16N2O3.2Na.2H/c1-4-9(12-3)6-5-8(2)7(10)11;;;;/h4-6H2,1-3H3,(H,10,11);;;;. The molecule has 0 heterocycles. The number of amides is 1. The summed E-state index contributed by atoms with van der Waals surface area (Å²) < 4.78 is 0. The van der Waals surface area contributed by atoms with Crippen molar-refractivity contribution in [3.05, 3.63) is 0 Å². The van der Waals surface area contributed by atoms with Gasteiger partial charge in [-0.25, -0.2) is 4.79 Å². The molecular weight excluding hydrogens is 206 g/mol. The van der Waals surface area contributed by atoms with E-state index in [1.54, 1.807) is 12.2 Å². The first-order valence-electron chi connectivity index (χ1n) is 3.85. The SMILES string of the molecule is CCN(CCN(C)C(=O)O)OC.[NaH].[NaH]. The maximum atomic E-state index is 10.4. The Morgan fingerprint density at radius 2 is 1.86 bits per heavy atom. The zero-order valence-electron chi connectivity index (χ0n) is 7.78. The van der Waals surface area contributed by atoms with Gasteiger partial charge in [-0.15, -0.1) is 0 Å². The van der Waals surface area contributed by atoms with Gasteiger partial charge in [-0.3, -0.25) is 0 Å². The van der Waals surface area contributed by atoms with Crippen LogP contribution in [0.4, 0.5) is 4.79 Å². The quantitative estimate of drug-likeness (QED) is 0.490. The summed E-state index contributed by atoms with van der Waals surface area (Å²) in [7, 11) is 3.11. The number of rotatable bonds is 5. The van der Waals surface area contributed by atoms with E-state index in [9.17, 15) is 4.79 Å².